The quantitative estimate of drug-likeness (QED) is 0.724. The van der Waals surface area contributed by atoms with Crippen molar-refractivity contribution in [2.24, 2.45) is 11.5 Å². The summed E-state index contributed by atoms with van der Waals surface area (Å²) in [6.07, 6.45) is 3.89. The third-order valence-corrected chi connectivity index (χ3v) is 4.33. The maximum Gasteiger partial charge on any atom is 0.187 e. The van der Waals surface area contributed by atoms with E-state index in [1.807, 2.05) is 60.7 Å². The van der Waals surface area contributed by atoms with Gasteiger partial charge in [-0.2, -0.15) is 0 Å². The molecule has 26 heavy (non-hydrogen) atoms. The molecule has 0 aliphatic carbocycles. The summed E-state index contributed by atoms with van der Waals surface area (Å²) in [4.78, 5) is 12.8. The van der Waals surface area contributed by atoms with Crippen molar-refractivity contribution < 1.29 is 4.79 Å². The number of piperidine rings is 1. The van der Waals surface area contributed by atoms with Gasteiger partial charge in [-0.05, 0) is 34.4 Å². The number of nitrogens with one attached hydrogen (secondary N) is 1. The van der Waals surface area contributed by atoms with E-state index in [4.69, 9.17) is 11.5 Å². The van der Waals surface area contributed by atoms with E-state index in [2.05, 4.69) is 5.32 Å². The van der Waals surface area contributed by atoms with Crippen molar-refractivity contribution in [2.75, 3.05) is 13.1 Å². The van der Waals surface area contributed by atoms with Gasteiger partial charge in [-0.15, -0.1) is 12.4 Å². The lowest BCUT2D eigenvalue weighted by Crippen LogP contribution is -2.32. The Morgan fingerprint density at radius 3 is 1.50 bits per heavy atom. The van der Waals surface area contributed by atoms with Gasteiger partial charge in [0.2, 0.25) is 0 Å². The Morgan fingerprint density at radius 1 is 0.769 bits per heavy atom. The van der Waals surface area contributed by atoms with Crippen LogP contribution in [0.15, 0.2) is 59.7 Å². The number of halogens is 1. The number of rotatable bonds is 4. The fourth-order valence-corrected chi connectivity index (χ4v) is 2.83. The molecule has 136 valence electrons. The molecule has 1 aliphatic rings. The van der Waals surface area contributed by atoms with Crippen LogP contribution in [0.3, 0.4) is 0 Å². The van der Waals surface area contributed by atoms with Gasteiger partial charge in [0.05, 0.1) is 0 Å². The molecule has 2 aromatic rings. The Labute approximate surface area is 160 Å². The molecule has 0 amide bonds. The second-order valence-corrected chi connectivity index (χ2v) is 6.16. The van der Waals surface area contributed by atoms with Crippen LogP contribution in [0.4, 0.5) is 0 Å². The number of nitrogens with two attached hydrogens (primary N) is 2. The van der Waals surface area contributed by atoms with E-state index in [-0.39, 0.29) is 18.2 Å². The lowest BCUT2D eigenvalue weighted by Gasteiger charge is -2.18. The van der Waals surface area contributed by atoms with E-state index in [0.717, 1.165) is 33.4 Å². The zero-order chi connectivity index (χ0) is 17.6. The van der Waals surface area contributed by atoms with Crippen LogP contribution in [0.25, 0.3) is 12.2 Å². The summed E-state index contributed by atoms with van der Waals surface area (Å²) in [6, 6.07) is 15.9. The minimum Gasteiger partial charge on any atom is -0.326 e. The van der Waals surface area contributed by atoms with Crippen molar-refractivity contribution in [1.82, 2.24) is 5.32 Å². The number of carbonyl (C=O) groups is 1. The molecule has 3 rings (SSSR count). The second-order valence-electron chi connectivity index (χ2n) is 6.16. The van der Waals surface area contributed by atoms with Gasteiger partial charge in [-0.25, -0.2) is 0 Å². The molecule has 0 saturated carbocycles. The minimum absolute atomic E-state index is 0. The van der Waals surface area contributed by atoms with Crippen molar-refractivity contribution >= 4 is 30.3 Å². The summed E-state index contributed by atoms with van der Waals surface area (Å²) in [5.41, 5.74) is 17.0. The first-order valence-corrected chi connectivity index (χ1v) is 8.44. The average molecular weight is 370 g/mol. The number of hydrogen-bond acceptors (Lipinski definition) is 4. The fourth-order valence-electron chi connectivity index (χ4n) is 2.83. The molecule has 1 heterocycles. The molecule has 0 spiro atoms. The number of ketones is 1. The summed E-state index contributed by atoms with van der Waals surface area (Å²) in [5.74, 6) is 0.101. The van der Waals surface area contributed by atoms with Gasteiger partial charge in [0.25, 0.3) is 0 Å². The Hall–Kier alpha value is -2.24. The van der Waals surface area contributed by atoms with Crippen LogP contribution in [0.1, 0.15) is 22.3 Å². The van der Waals surface area contributed by atoms with Crippen molar-refractivity contribution in [3.8, 4) is 0 Å². The monoisotopic (exact) mass is 369 g/mol. The van der Waals surface area contributed by atoms with Crippen molar-refractivity contribution in [3.63, 3.8) is 0 Å². The van der Waals surface area contributed by atoms with E-state index in [1.54, 1.807) is 0 Å². The lowest BCUT2D eigenvalue weighted by atomic mass is 9.95. The van der Waals surface area contributed by atoms with Gasteiger partial charge in [-0.1, -0.05) is 48.5 Å². The molecule has 0 atom stereocenters. The highest BCUT2D eigenvalue weighted by Crippen LogP contribution is 2.18. The normalized spacial score (nSPS) is 17.4. The lowest BCUT2D eigenvalue weighted by molar-refractivity contribution is -0.112. The van der Waals surface area contributed by atoms with Crippen molar-refractivity contribution in [3.05, 3.63) is 81.9 Å². The highest BCUT2D eigenvalue weighted by molar-refractivity contribution is 6.14. The zero-order valence-corrected chi connectivity index (χ0v) is 15.4. The van der Waals surface area contributed by atoms with Crippen molar-refractivity contribution in [1.29, 1.82) is 0 Å². The average Bonchev–Trinajstić information content (AvgIpc) is 2.66. The molecule has 0 radical (unpaired) electrons. The van der Waals surface area contributed by atoms with E-state index in [9.17, 15) is 4.79 Å². The van der Waals surface area contributed by atoms with E-state index in [0.29, 0.717) is 26.2 Å². The van der Waals surface area contributed by atoms with Crippen LogP contribution in [-0.4, -0.2) is 18.9 Å². The zero-order valence-electron chi connectivity index (χ0n) is 14.6. The van der Waals surface area contributed by atoms with Gasteiger partial charge in [0, 0.05) is 37.3 Å². The second kappa shape index (κ2) is 9.46. The Balaban J connectivity index is 0.00000243. The SMILES string of the molecule is Cl.NCc1ccc(C=C2CNCC(=Cc3ccc(CN)cc3)C2=O)cc1. The predicted molar refractivity (Wildman–Crippen MR) is 110 cm³/mol. The van der Waals surface area contributed by atoms with Crippen molar-refractivity contribution in [2.45, 2.75) is 13.1 Å². The number of Topliss-reactive ketones (excluding diaryl/α,β-unsaturated/α-hetero) is 1. The molecular weight excluding hydrogens is 346 g/mol. The topological polar surface area (TPSA) is 81.1 Å². The Morgan fingerprint density at radius 2 is 1.15 bits per heavy atom. The van der Waals surface area contributed by atoms with Gasteiger partial charge in [0.15, 0.2) is 5.78 Å². The molecule has 1 saturated heterocycles. The summed E-state index contributed by atoms with van der Waals surface area (Å²) in [7, 11) is 0. The number of hydrogen-bond donors (Lipinski definition) is 3. The van der Waals surface area contributed by atoms with Crippen LogP contribution in [0, 0.1) is 0 Å². The summed E-state index contributed by atoms with van der Waals surface area (Å²) in [5, 5.41) is 3.30. The first kappa shape index (κ1) is 20.1. The van der Waals surface area contributed by atoms with Gasteiger partial charge < -0.3 is 16.8 Å². The summed E-state index contributed by atoms with van der Waals surface area (Å²) >= 11 is 0. The largest absolute Gasteiger partial charge is 0.326 e. The summed E-state index contributed by atoms with van der Waals surface area (Å²) < 4.78 is 0. The molecule has 0 bridgehead atoms. The van der Waals surface area contributed by atoms with Gasteiger partial charge in [-0.3, -0.25) is 4.79 Å². The highest BCUT2D eigenvalue weighted by atomic mass is 35.5. The van der Waals surface area contributed by atoms with Crippen LogP contribution in [0.2, 0.25) is 0 Å². The predicted octanol–water partition coefficient (Wildman–Crippen LogP) is 2.67. The third-order valence-electron chi connectivity index (χ3n) is 4.33. The van der Waals surface area contributed by atoms with Crippen LogP contribution < -0.4 is 16.8 Å². The summed E-state index contributed by atoms with van der Waals surface area (Å²) in [6.45, 7) is 2.21. The Bertz CT molecular complexity index is 741. The van der Waals surface area contributed by atoms with E-state index < -0.39 is 0 Å². The Kier molecular flexibility index (Phi) is 7.30. The first-order valence-electron chi connectivity index (χ1n) is 8.44. The van der Waals surface area contributed by atoms with E-state index in [1.165, 1.54) is 0 Å². The smallest absolute Gasteiger partial charge is 0.187 e. The molecule has 1 fully saturated rings. The molecule has 1 aliphatic heterocycles. The standard InChI is InChI=1S/C21H23N3O.ClH/c22-11-17-5-1-15(2-6-17)9-19-13-24-14-20(21(19)25)10-16-3-7-18(12-23)8-4-16;/h1-10,24H,11-14,22-23H2;1H. The molecule has 2 aromatic carbocycles. The fraction of sp³-hybridized carbons (Fsp3) is 0.190. The highest BCUT2D eigenvalue weighted by Gasteiger charge is 2.20. The molecule has 0 aromatic heterocycles. The number of benzene rings is 2. The maximum absolute atomic E-state index is 12.8. The maximum atomic E-state index is 12.8. The van der Waals surface area contributed by atoms with E-state index >= 15 is 0 Å². The first-order chi connectivity index (χ1) is 12.2. The molecule has 5 heteroatoms. The van der Waals surface area contributed by atoms with Crippen LogP contribution >= 0.6 is 12.4 Å². The molecule has 0 unspecified atom stereocenters. The molecule has 4 nitrogen and oxygen atoms in total. The number of carbonyl (C=O) groups excluding carboxylic acids is 1. The third kappa shape index (κ3) is 4.90. The molecule has 5 N–H and O–H groups in total. The minimum atomic E-state index is 0. The molecular formula is C21H24ClN3O. The van der Waals surface area contributed by atoms with Gasteiger partial charge in [0.1, 0.15) is 0 Å². The van der Waals surface area contributed by atoms with Gasteiger partial charge >= 0.3 is 0 Å². The van der Waals surface area contributed by atoms with Crippen LogP contribution in [-0.2, 0) is 17.9 Å². The van der Waals surface area contributed by atoms with Crippen LogP contribution in [0.5, 0.6) is 0 Å².